The van der Waals surface area contributed by atoms with E-state index in [1.807, 2.05) is 12.1 Å². The van der Waals surface area contributed by atoms with Crippen LogP contribution in [-0.4, -0.2) is 12.6 Å². The van der Waals surface area contributed by atoms with E-state index in [-0.39, 0.29) is 11.9 Å². The molecule has 0 radical (unpaired) electrons. The minimum atomic E-state index is -0.363. The smallest absolute Gasteiger partial charge is 0.125 e. The maximum atomic E-state index is 13.2. The number of fused-ring (bicyclic) bond motifs is 1. The van der Waals surface area contributed by atoms with Gasteiger partial charge in [0.05, 0.1) is 17.3 Å². The van der Waals surface area contributed by atoms with Crippen molar-refractivity contribution in [1.29, 1.82) is 0 Å². The van der Waals surface area contributed by atoms with Crippen LogP contribution in [-0.2, 0) is 6.42 Å². The van der Waals surface area contributed by atoms with Gasteiger partial charge in [0, 0.05) is 10.9 Å². The first kappa shape index (κ1) is 14.7. The lowest BCUT2D eigenvalue weighted by Gasteiger charge is -2.15. The summed E-state index contributed by atoms with van der Waals surface area (Å²) in [4.78, 5) is 0. The Morgan fingerprint density at radius 3 is 2.95 bits per heavy atom. The first-order valence-corrected chi connectivity index (χ1v) is 7.84. The van der Waals surface area contributed by atoms with Crippen LogP contribution in [0.4, 0.5) is 10.1 Å². The third-order valence-corrected chi connectivity index (χ3v) is 4.39. The molecule has 1 aliphatic rings. The number of hydrogen-bond donors (Lipinski definition) is 1. The average molecular weight is 371 g/mol. The molecule has 110 valence electrons. The molecule has 1 heterocycles. The Balaban J connectivity index is 1.68. The molecular weight excluding hydrogens is 357 g/mol. The highest BCUT2D eigenvalue weighted by Crippen LogP contribution is 2.33. The van der Waals surface area contributed by atoms with Gasteiger partial charge in [-0.15, -0.1) is 0 Å². The number of aryl methyl sites for hydroxylation is 1. The molecule has 2 aromatic carbocycles. The van der Waals surface area contributed by atoms with Crippen molar-refractivity contribution in [2.75, 3.05) is 11.9 Å². The molecule has 5 heteroatoms. The number of halogens is 3. The van der Waals surface area contributed by atoms with E-state index in [4.69, 9.17) is 16.3 Å². The van der Waals surface area contributed by atoms with Gasteiger partial charge in [-0.05, 0) is 46.6 Å². The minimum absolute atomic E-state index is 0.0508. The van der Waals surface area contributed by atoms with Crippen molar-refractivity contribution in [2.24, 2.45) is 0 Å². The summed E-state index contributed by atoms with van der Waals surface area (Å²) >= 11 is 9.37. The maximum absolute atomic E-state index is 13.2. The number of hydrogen-bond acceptors (Lipinski definition) is 2. The Labute approximate surface area is 136 Å². The van der Waals surface area contributed by atoms with Crippen LogP contribution in [0.5, 0.6) is 5.75 Å². The Bertz CT molecular complexity index is 669. The van der Waals surface area contributed by atoms with Crippen molar-refractivity contribution in [1.82, 2.24) is 0 Å². The van der Waals surface area contributed by atoms with E-state index in [1.165, 1.54) is 23.3 Å². The lowest BCUT2D eigenvalue weighted by molar-refractivity contribution is 0.246. The Kier molecular flexibility index (Phi) is 4.09. The fourth-order valence-corrected chi connectivity index (χ4v) is 3.45. The predicted molar refractivity (Wildman–Crippen MR) is 86.9 cm³/mol. The van der Waals surface area contributed by atoms with Crippen molar-refractivity contribution < 1.29 is 9.13 Å². The van der Waals surface area contributed by atoms with Crippen molar-refractivity contribution in [3.63, 3.8) is 0 Å². The number of ether oxygens (including phenoxy) is 1. The largest absolute Gasteiger partial charge is 0.488 e. The zero-order chi connectivity index (χ0) is 15.0. The molecule has 21 heavy (non-hydrogen) atoms. The molecule has 1 aliphatic heterocycles. The third kappa shape index (κ3) is 3.16. The molecule has 1 N–H and O–H groups in total. The van der Waals surface area contributed by atoms with Gasteiger partial charge >= 0.3 is 0 Å². The summed E-state index contributed by atoms with van der Waals surface area (Å²) in [5.74, 6) is 0.578. The molecule has 0 saturated heterocycles. The molecular formula is C16H14BrClFNO. The van der Waals surface area contributed by atoms with Crippen LogP contribution in [0.25, 0.3) is 0 Å². The summed E-state index contributed by atoms with van der Waals surface area (Å²) in [7, 11) is 0. The van der Waals surface area contributed by atoms with Crippen LogP contribution < -0.4 is 10.1 Å². The van der Waals surface area contributed by atoms with Crippen molar-refractivity contribution >= 4 is 33.2 Å². The molecule has 1 unspecified atom stereocenters. The summed E-state index contributed by atoms with van der Waals surface area (Å²) < 4.78 is 19.7. The van der Waals surface area contributed by atoms with E-state index in [1.54, 1.807) is 0 Å². The van der Waals surface area contributed by atoms with Gasteiger partial charge in [-0.25, -0.2) is 4.39 Å². The van der Waals surface area contributed by atoms with Crippen LogP contribution in [0.2, 0.25) is 5.02 Å². The van der Waals surface area contributed by atoms with Crippen LogP contribution >= 0.6 is 27.5 Å². The first-order valence-electron chi connectivity index (χ1n) is 6.67. The second-order valence-electron chi connectivity index (χ2n) is 5.18. The minimum Gasteiger partial charge on any atom is -0.488 e. The highest BCUT2D eigenvalue weighted by Gasteiger charge is 2.23. The van der Waals surface area contributed by atoms with Gasteiger partial charge in [-0.2, -0.15) is 0 Å². The number of benzene rings is 2. The fourth-order valence-electron chi connectivity index (χ4n) is 2.49. The fraction of sp³-hybridized carbons (Fsp3) is 0.250. The number of anilines is 1. The molecule has 0 fully saturated rings. The molecule has 0 aliphatic carbocycles. The lowest BCUT2D eigenvalue weighted by Crippen LogP contribution is -2.24. The van der Waals surface area contributed by atoms with Crippen molar-refractivity contribution in [3.8, 4) is 5.75 Å². The van der Waals surface area contributed by atoms with E-state index in [9.17, 15) is 4.39 Å². The molecule has 2 nitrogen and oxygen atoms in total. The van der Waals surface area contributed by atoms with E-state index in [2.05, 4.69) is 34.2 Å². The highest BCUT2D eigenvalue weighted by molar-refractivity contribution is 9.10. The Morgan fingerprint density at radius 2 is 2.19 bits per heavy atom. The third-order valence-electron chi connectivity index (χ3n) is 3.47. The highest BCUT2D eigenvalue weighted by atomic mass is 79.9. The van der Waals surface area contributed by atoms with Gasteiger partial charge in [-0.1, -0.05) is 29.3 Å². The van der Waals surface area contributed by atoms with E-state index in [0.29, 0.717) is 21.7 Å². The summed E-state index contributed by atoms with van der Waals surface area (Å²) in [6.45, 7) is 2.68. The Morgan fingerprint density at radius 1 is 1.38 bits per heavy atom. The SMILES string of the molecule is Cc1ccc2c(c1)CC(CNc1c(Cl)cc(F)cc1Br)O2. The van der Waals surface area contributed by atoms with Crippen LogP contribution in [0, 0.1) is 12.7 Å². The van der Waals surface area contributed by atoms with E-state index >= 15 is 0 Å². The van der Waals surface area contributed by atoms with Crippen molar-refractivity contribution in [3.05, 3.63) is 56.8 Å². The van der Waals surface area contributed by atoms with E-state index < -0.39 is 0 Å². The van der Waals surface area contributed by atoms with Crippen molar-refractivity contribution in [2.45, 2.75) is 19.4 Å². The van der Waals surface area contributed by atoms with Gasteiger partial charge in [0.1, 0.15) is 17.7 Å². The summed E-state index contributed by atoms with van der Waals surface area (Å²) in [5.41, 5.74) is 3.15. The monoisotopic (exact) mass is 369 g/mol. The average Bonchev–Trinajstić information content (AvgIpc) is 2.79. The molecule has 1 atom stereocenters. The second kappa shape index (κ2) is 5.85. The first-order chi connectivity index (χ1) is 10.0. The van der Waals surface area contributed by atoms with Gasteiger partial charge in [0.2, 0.25) is 0 Å². The summed E-state index contributed by atoms with van der Waals surface area (Å²) in [6, 6.07) is 8.88. The topological polar surface area (TPSA) is 21.3 Å². The molecule has 0 spiro atoms. The maximum Gasteiger partial charge on any atom is 0.125 e. The summed E-state index contributed by atoms with van der Waals surface area (Å²) in [6.07, 6.45) is 0.912. The van der Waals surface area contributed by atoms with Crippen LogP contribution in [0.15, 0.2) is 34.8 Å². The quantitative estimate of drug-likeness (QED) is 0.824. The second-order valence-corrected chi connectivity index (χ2v) is 6.44. The van der Waals surface area contributed by atoms with E-state index in [0.717, 1.165) is 12.2 Å². The number of nitrogens with one attached hydrogen (secondary N) is 1. The molecule has 2 aromatic rings. The Hall–Kier alpha value is -1.26. The van der Waals surface area contributed by atoms with Gasteiger partial charge in [0.15, 0.2) is 0 Å². The molecule has 0 amide bonds. The molecule has 0 aromatic heterocycles. The summed E-state index contributed by atoms with van der Waals surface area (Å²) in [5, 5.41) is 3.58. The lowest BCUT2D eigenvalue weighted by atomic mass is 10.1. The number of rotatable bonds is 3. The van der Waals surface area contributed by atoms with Gasteiger partial charge in [0.25, 0.3) is 0 Å². The molecule has 3 rings (SSSR count). The molecule has 0 saturated carbocycles. The predicted octanol–water partition coefficient (Wildman–Crippen LogP) is 4.97. The standard InChI is InChI=1S/C16H14BrClFNO/c1-9-2-3-15-10(4-9)5-12(21-15)8-20-16-13(17)6-11(19)7-14(16)18/h2-4,6-7,12,20H,5,8H2,1H3. The van der Waals surface area contributed by atoms with Gasteiger partial charge < -0.3 is 10.1 Å². The normalized spacial score (nSPS) is 16.5. The molecule has 0 bridgehead atoms. The van der Waals surface area contributed by atoms with Crippen LogP contribution in [0.1, 0.15) is 11.1 Å². The zero-order valence-electron chi connectivity index (χ0n) is 11.4. The van der Waals surface area contributed by atoms with Crippen LogP contribution in [0.3, 0.4) is 0 Å². The van der Waals surface area contributed by atoms with Gasteiger partial charge in [-0.3, -0.25) is 0 Å². The zero-order valence-corrected chi connectivity index (χ0v) is 13.8.